The van der Waals surface area contributed by atoms with Crippen LogP contribution in [-0.4, -0.2) is 33.4 Å². The van der Waals surface area contributed by atoms with E-state index in [4.69, 9.17) is 21.1 Å². The number of nitrogens with one attached hydrogen (secondary N) is 1. The summed E-state index contributed by atoms with van der Waals surface area (Å²) in [6.07, 6.45) is -0.0698. The van der Waals surface area contributed by atoms with Crippen molar-refractivity contribution in [2.75, 3.05) is 12.3 Å². The molecule has 102 valence electrons. The third-order valence-corrected chi connectivity index (χ3v) is 2.89. The van der Waals surface area contributed by atoms with E-state index in [0.29, 0.717) is 0 Å². The van der Waals surface area contributed by atoms with Crippen molar-refractivity contribution in [1.29, 1.82) is 0 Å². The Kier molecular flexibility index (Phi) is 3.56. The largest absolute Gasteiger partial charge is 0.394 e. The molecule has 0 bridgehead atoms. The van der Waals surface area contributed by atoms with Gasteiger partial charge in [-0.15, -0.1) is 0 Å². The number of aromatic amines is 1. The third kappa shape index (κ3) is 2.45. The van der Waals surface area contributed by atoms with Crippen LogP contribution in [0.5, 0.6) is 0 Å². The Hall–Kier alpha value is -2.29. The molecule has 10 heteroatoms. The quantitative estimate of drug-likeness (QED) is 0.366. The summed E-state index contributed by atoms with van der Waals surface area (Å²) < 4.78 is 6.51. The summed E-state index contributed by atoms with van der Waals surface area (Å²) >= 11 is 0. The number of nitrogen functional groups attached to an aromatic ring is 1. The maximum absolute atomic E-state index is 11.6. The van der Waals surface area contributed by atoms with Crippen molar-refractivity contribution in [1.82, 2.24) is 9.55 Å². The lowest BCUT2D eigenvalue weighted by molar-refractivity contribution is -0.0269. The fourth-order valence-corrected chi connectivity index (χ4v) is 1.95. The molecule has 2 rings (SSSR count). The number of ether oxygens (including phenoxy) is 1. The topological polar surface area (TPSA) is 159 Å². The van der Waals surface area contributed by atoms with Gasteiger partial charge in [0.1, 0.15) is 11.9 Å². The summed E-state index contributed by atoms with van der Waals surface area (Å²) in [7, 11) is 0. The summed E-state index contributed by atoms with van der Waals surface area (Å²) in [5.41, 5.74) is 12.4. The molecular weight excluding hydrogens is 256 g/mol. The van der Waals surface area contributed by atoms with E-state index in [0.717, 1.165) is 4.57 Å². The number of azide groups is 1. The highest BCUT2D eigenvalue weighted by molar-refractivity contribution is 5.30. The molecule has 0 aromatic carbocycles. The lowest BCUT2D eigenvalue weighted by Crippen LogP contribution is -2.33. The van der Waals surface area contributed by atoms with Gasteiger partial charge in [0.2, 0.25) is 0 Å². The number of aliphatic hydroxyl groups is 1. The number of anilines is 1. The molecule has 0 amide bonds. The summed E-state index contributed by atoms with van der Waals surface area (Å²) in [5, 5.41) is 12.6. The van der Waals surface area contributed by atoms with Crippen molar-refractivity contribution in [3.8, 4) is 0 Å². The van der Waals surface area contributed by atoms with Crippen LogP contribution in [0.25, 0.3) is 10.4 Å². The van der Waals surface area contributed by atoms with E-state index < -0.39 is 29.6 Å². The van der Waals surface area contributed by atoms with Crippen LogP contribution in [0.15, 0.2) is 20.9 Å². The van der Waals surface area contributed by atoms with Gasteiger partial charge in [0.25, 0.3) is 5.56 Å². The van der Waals surface area contributed by atoms with Crippen LogP contribution in [0.2, 0.25) is 0 Å². The van der Waals surface area contributed by atoms with Gasteiger partial charge in [-0.2, -0.15) is 0 Å². The zero-order chi connectivity index (χ0) is 14.0. The SMILES string of the molecule is [N-]=[N+]=N[C@H]1C[C@H](n2cc(N)c(=O)[nH]c2=O)O[C@@H]1CO. The van der Waals surface area contributed by atoms with Crippen molar-refractivity contribution in [2.24, 2.45) is 5.11 Å². The lowest BCUT2D eigenvalue weighted by Gasteiger charge is -2.14. The van der Waals surface area contributed by atoms with Gasteiger partial charge < -0.3 is 15.6 Å². The van der Waals surface area contributed by atoms with Crippen molar-refractivity contribution < 1.29 is 9.84 Å². The van der Waals surface area contributed by atoms with Crippen molar-refractivity contribution in [3.05, 3.63) is 37.5 Å². The van der Waals surface area contributed by atoms with Gasteiger partial charge in [0.15, 0.2) is 0 Å². The molecule has 19 heavy (non-hydrogen) atoms. The van der Waals surface area contributed by atoms with E-state index in [1.807, 2.05) is 4.98 Å². The molecule has 1 aliphatic rings. The average Bonchev–Trinajstić information content (AvgIpc) is 2.77. The number of aliphatic hydroxyl groups excluding tert-OH is 1. The molecule has 1 fully saturated rings. The predicted molar refractivity (Wildman–Crippen MR) is 64.3 cm³/mol. The normalized spacial score (nSPS) is 26.1. The van der Waals surface area contributed by atoms with Gasteiger partial charge in [-0.05, 0) is 5.53 Å². The fraction of sp³-hybridized carbons (Fsp3) is 0.556. The molecule has 0 radical (unpaired) electrons. The Bertz CT molecular complexity index is 630. The van der Waals surface area contributed by atoms with E-state index in [1.54, 1.807) is 0 Å². The third-order valence-electron chi connectivity index (χ3n) is 2.89. The summed E-state index contributed by atoms with van der Waals surface area (Å²) in [6, 6.07) is -0.583. The summed E-state index contributed by atoms with van der Waals surface area (Å²) in [5.74, 6) is 0. The van der Waals surface area contributed by atoms with Crippen LogP contribution in [0, 0.1) is 0 Å². The van der Waals surface area contributed by atoms with Crippen LogP contribution in [-0.2, 0) is 4.74 Å². The van der Waals surface area contributed by atoms with Crippen LogP contribution in [0.4, 0.5) is 5.69 Å². The van der Waals surface area contributed by atoms with Gasteiger partial charge in [0, 0.05) is 17.5 Å². The first kappa shape index (κ1) is 13.1. The highest BCUT2D eigenvalue weighted by atomic mass is 16.5. The Labute approximate surface area is 106 Å². The Balaban J connectivity index is 2.34. The molecule has 0 spiro atoms. The van der Waals surface area contributed by atoms with Crippen molar-refractivity contribution in [3.63, 3.8) is 0 Å². The van der Waals surface area contributed by atoms with Crippen LogP contribution >= 0.6 is 0 Å². The number of H-pyrrole nitrogens is 1. The Morgan fingerprint density at radius 1 is 1.68 bits per heavy atom. The first-order valence-corrected chi connectivity index (χ1v) is 5.48. The van der Waals surface area contributed by atoms with E-state index in [9.17, 15) is 9.59 Å². The maximum Gasteiger partial charge on any atom is 0.330 e. The second kappa shape index (κ2) is 5.14. The summed E-state index contributed by atoms with van der Waals surface area (Å²) in [4.78, 5) is 27.5. The minimum absolute atomic E-state index is 0.129. The monoisotopic (exact) mass is 268 g/mol. The van der Waals surface area contributed by atoms with Gasteiger partial charge in [-0.3, -0.25) is 14.3 Å². The molecule has 2 heterocycles. The molecule has 10 nitrogen and oxygen atoms in total. The molecule has 1 aliphatic heterocycles. The highest BCUT2D eigenvalue weighted by Crippen LogP contribution is 2.29. The molecule has 4 N–H and O–H groups in total. The van der Waals surface area contributed by atoms with Gasteiger partial charge in [-0.1, -0.05) is 5.11 Å². The standard InChI is InChI=1S/C9H12N6O4/c10-4-2-15(9(18)12-8(4)17)7-1-5(13-14-11)6(3-16)19-7/h2,5-7,16H,1,3,10H2,(H,12,17,18)/t5-,6+,7+/m0/s1. The second-order valence-electron chi connectivity index (χ2n) is 4.07. The minimum Gasteiger partial charge on any atom is -0.394 e. The number of hydrogen-bond acceptors (Lipinski definition) is 6. The lowest BCUT2D eigenvalue weighted by atomic mass is 10.1. The zero-order valence-corrected chi connectivity index (χ0v) is 9.76. The average molecular weight is 268 g/mol. The summed E-state index contributed by atoms with van der Waals surface area (Å²) in [6.45, 7) is -0.340. The van der Waals surface area contributed by atoms with E-state index in [2.05, 4.69) is 10.0 Å². The van der Waals surface area contributed by atoms with Gasteiger partial charge in [0.05, 0.1) is 18.8 Å². The number of hydrogen-bond donors (Lipinski definition) is 3. The molecule has 3 atom stereocenters. The number of aromatic nitrogens is 2. The molecule has 1 aromatic heterocycles. The van der Waals surface area contributed by atoms with Crippen molar-refractivity contribution >= 4 is 5.69 Å². The highest BCUT2D eigenvalue weighted by Gasteiger charge is 2.35. The molecule has 0 unspecified atom stereocenters. The first-order valence-electron chi connectivity index (χ1n) is 5.48. The number of nitrogens with zero attached hydrogens (tertiary/aromatic N) is 4. The number of rotatable bonds is 3. The molecule has 1 aromatic rings. The smallest absolute Gasteiger partial charge is 0.330 e. The van der Waals surface area contributed by atoms with E-state index >= 15 is 0 Å². The van der Waals surface area contributed by atoms with Crippen LogP contribution in [0.1, 0.15) is 12.6 Å². The molecule has 0 saturated carbocycles. The second-order valence-corrected chi connectivity index (χ2v) is 4.07. The van der Waals surface area contributed by atoms with E-state index in [1.165, 1.54) is 6.20 Å². The molecule has 1 saturated heterocycles. The van der Waals surface area contributed by atoms with Gasteiger partial charge in [-0.25, -0.2) is 4.79 Å². The Morgan fingerprint density at radius 3 is 3.05 bits per heavy atom. The van der Waals surface area contributed by atoms with Crippen LogP contribution in [0.3, 0.4) is 0 Å². The molecular formula is C9H12N6O4. The van der Waals surface area contributed by atoms with Crippen molar-refractivity contribution in [2.45, 2.75) is 24.8 Å². The molecule has 0 aliphatic carbocycles. The zero-order valence-electron chi connectivity index (χ0n) is 9.76. The Morgan fingerprint density at radius 2 is 2.42 bits per heavy atom. The fourth-order valence-electron chi connectivity index (χ4n) is 1.95. The van der Waals surface area contributed by atoms with E-state index in [-0.39, 0.29) is 18.7 Å². The van der Waals surface area contributed by atoms with Crippen LogP contribution < -0.4 is 17.0 Å². The minimum atomic E-state index is -0.751. The maximum atomic E-state index is 11.6. The number of nitrogens with two attached hydrogens (primary N) is 1. The van der Waals surface area contributed by atoms with Gasteiger partial charge >= 0.3 is 5.69 Å². The predicted octanol–water partition coefficient (Wildman–Crippen LogP) is -0.923. The first-order chi connectivity index (χ1) is 9.06.